The minimum absolute atomic E-state index is 0.934. The molecule has 0 aliphatic carbocycles. The Hall–Kier alpha value is -1.56. The fraction of sp³-hybridized carbons (Fsp3) is 0.133. The van der Waals surface area contributed by atoms with Gasteiger partial charge in [-0.1, -0.05) is 55.5 Å². The first kappa shape index (κ1) is 9.97. The Balaban J connectivity index is 2.43. The van der Waals surface area contributed by atoms with Gasteiger partial charge < -0.3 is 0 Å². The maximum Gasteiger partial charge on any atom is -0.00991 e. The van der Waals surface area contributed by atoms with Crippen LogP contribution in [0, 0.1) is 13.0 Å². The lowest BCUT2D eigenvalue weighted by Gasteiger charge is -2.07. The Morgan fingerprint density at radius 1 is 1.00 bits per heavy atom. The lowest BCUT2D eigenvalue weighted by atomic mass is 9.97. The number of benzene rings is 2. The summed E-state index contributed by atoms with van der Waals surface area (Å²) in [5.41, 5.74) is 3.80. The summed E-state index contributed by atoms with van der Waals surface area (Å²) >= 11 is 0. The van der Waals surface area contributed by atoms with Gasteiger partial charge in [-0.15, -0.1) is 0 Å². The number of hydrogen-bond donors (Lipinski definition) is 0. The van der Waals surface area contributed by atoms with Crippen LogP contribution in [0.15, 0.2) is 48.5 Å². The third kappa shape index (κ3) is 2.27. The fourth-order valence-corrected chi connectivity index (χ4v) is 1.75. The van der Waals surface area contributed by atoms with Crippen LogP contribution in [0.2, 0.25) is 0 Å². The molecule has 0 N–H and O–H groups in total. The maximum absolute atomic E-state index is 3.91. The molecule has 2 aromatic carbocycles. The molecular formula is C15H14. The van der Waals surface area contributed by atoms with Gasteiger partial charge in [-0.2, -0.15) is 0 Å². The van der Waals surface area contributed by atoms with E-state index in [0.29, 0.717) is 0 Å². The molecule has 74 valence electrons. The van der Waals surface area contributed by atoms with Gasteiger partial charge in [0.15, 0.2) is 0 Å². The SMILES string of the molecule is [CH2]CCc1ccccc1-c1[c]cccc1. The van der Waals surface area contributed by atoms with E-state index in [1.807, 2.05) is 18.2 Å². The van der Waals surface area contributed by atoms with E-state index in [1.54, 1.807) is 0 Å². The van der Waals surface area contributed by atoms with E-state index < -0.39 is 0 Å². The first-order valence-corrected chi connectivity index (χ1v) is 5.26. The Morgan fingerprint density at radius 3 is 2.53 bits per heavy atom. The molecule has 0 aliphatic heterocycles. The van der Waals surface area contributed by atoms with E-state index >= 15 is 0 Å². The van der Waals surface area contributed by atoms with Crippen molar-refractivity contribution < 1.29 is 0 Å². The molecule has 0 fully saturated rings. The molecule has 0 saturated carbocycles. The molecule has 0 aromatic heterocycles. The monoisotopic (exact) mass is 194 g/mol. The number of hydrogen-bond acceptors (Lipinski definition) is 0. The average molecular weight is 194 g/mol. The molecule has 2 rings (SSSR count). The lowest BCUT2D eigenvalue weighted by Crippen LogP contribution is -1.88. The van der Waals surface area contributed by atoms with Crippen LogP contribution in [0.4, 0.5) is 0 Å². The summed E-state index contributed by atoms with van der Waals surface area (Å²) in [4.78, 5) is 0. The van der Waals surface area contributed by atoms with Gasteiger partial charge in [-0.3, -0.25) is 0 Å². The second-order valence-electron chi connectivity index (χ2n) is 3.54. The highest BCUT2D eigenvalue weighted by Crippen LogP contribution is 2.23. The van der Waals surface area contributed by atoms with Crippen molar-refractivity contribution in [1.29, 1.82) is 0 Å². The van der Waals surface area contributed by atoms with E-state index in [2.05, 4.69) is 43.3 Å². The molecule has 0 aliphatic rings. The number of aryl methyl sites for hydroxylation is 1. The highest BCUT2D eigenvalue weighted by Gasteiger charge is 2.02. The summed E-state index contributed by atoms with van der Waals surface area (Å²) in [5, 5.41) is 0. The normalized spacial score (nSPS) is 10.2. The van der Waals surface area contributed by atoms with Crippen molar-refractivity contribution in [3.8, 4) is 11.1 Å². The van der Waals surface area contributed by atoms with Crippen LogP contribution in [-0.4, -0.2) is 0 Å². The van der Waals surface area contributed by atoms with Gasteiger partial charge in [0.05, 0.1) is 0 Å². The zero-order chi connectivity index (χ0) is 10.5. The van der Waals surface area contributed by atoms with Gasteiger partial charge in [-0.25, -0.2) is 0 Å². The van der Waals surface area contributed by atoms with Crippen LogP contribution in [0.5, 0.6) is 0 Å². The van der Waals surface area contributed by atoms with Gasteiger partial charge in [-0.05, 0) is 35.6 Å². The summed E-state index contributed by atoms with van der Waals surface area (Å²) in [6.07, 6.45) is 1.96. The van der Waals surface area contributed by atoms with Gasteiger partial charge in [0.1, 0.15) is 0 Å². The molecule has 2 aromatic rings. The molecule has 0 bridgehead atoms. The first-order chi connectivity index (χ1) is 7.42. The Morgan fingerprint density at radius 2 is 1.80 bits per heavy atom. The molecule has 15 heavy (non-hydrogen) atoms. The third-order valence-electron chi connectivity index (χ3n) is 2.46. The van der Waals surface area contributed by atoms with Gasteiger partial charge in [0.25, 0.3) is 0 Å². The molecule has 0 spiro atoms. The predicted molar refractivity (Wildman–Crippen MR) is 64.4 cm³/mol. The summed E-state index contributed by atoms with van der Waals surface area (Å²) < 4.78 is 0. The van der Waals surface area contributed by atoms with Gasteiger partial charge >= 0.3 is 0 Å². The molecule has 0 saturated heterocycles. The van der Waals surface area contributed by atoms with Crippen LogP contribution in [0.1, 0.15) is 12.0 Å². The first-order valence-electron chi connectivity index (χ1n) is 5.26. The highest BCUT2D eigenvalue weighted by atomic mass is 14.1. The molecule has 0 unspecified atom stereocenters. The summed E-state index contributed by atoms with van der Waals surface area (Å²) in [6.45, 7) is 3.91. The molecule has 0 amide bonds. The number of rotatable bonds is 3. The van der Waals surface area contributed by atoms with Crippen LogP contribution in [-0.2, 0) is 6.42 Å². The molecule has 0 atom stereocenters. The van der Waals surface area contributed by atoms with E-state index in [-0.39, 0.29) is 0 Å². The summed E-state index contributed by atoms with van der Waals surface area (Å²) in [7, 11) is 0. The quantitative estimate of drug-likeness (QED) is 0.694. The van der Waals surface area contributed by atoms with E-state index in [4.69, 9.17) is 0 Å². The molecule has 0 heteroatoms. The van der Waals surface area contributed by atoms with Crippen molar-refractivity contribution in [2.45, 2.75) is 12.8 Å². The molecule has 2 radical (unpaired) electrons. The maximum atomic E-state index is 3.91. The van der Waals surface area contributed by atoms with Crippen LogP contribution in [0.25, 0.3) is 11.1 Å². The minimum atomic E-state index is 0.934. The predicted octanol–water partition coefficient (Wildman–Crippen LogP) is 3.92. The Labute approximate surface area is 91.6 Å². The van der Waals surface area contributed by atoms with Crippen LogP contribution in [0.3, 0.4) is 0 Å². The van der Waals surface area contributed by atoms with Crippen molar-refractivity contribution in [3.63, 3.8) is 0 Å². The van der Waals surface area contributed by atoms with E-state index in [0.717, 1.165) is 12.8 Å². The molecular weight excluding hydrogens is 180 g/mol. The smallest absolute Gasteiger partial charge is 0.00991 e. The van der Waals surface area contributed by atoms with Crippen molar-refractivity contribution in [2.75, 3.05) is 0 Å². The minimum Gasteiger partial charge on any atom is -0.0620 e. The average Bonchev–Trinajstić information content (AvgIpc) is 2.31. The second kappa shape index (κ2) is 4.79. The van der Waals surface area contributed by atoms with Crippen molar-refractivity contribution in [1.82, 2.24) is 0 Å². The van der Waals surface area contributed by atoms with Gasteiger partial charge in [0.2, 0.25) is 0 Å². The summed E-state index contributed by atoms with van der Waals surface area (Å²) in [6, 6.07) is 19.8. The zero-order valence-corrected chi connectivity index (χ0v) is 8.74. The van der Waals surface area contributed by atoms with Gasteiger partial charge in [0, 0.05) is 0 Å². The Kier molecular flexibility index (Phi) is 3.18. The highest BCUT2D eigenvalue weighted by molar-refractivity contribution is 5.66. The Bertz CT molecular complexity index is 415. The topological polar surface area (TPSA) is 0 Å². The fourth-order valence-electron chi connectivity index (χ4n) is 1.75. The van der Waals surface area contributed by atoms with Crippen molar-refractivity contribution >= 4 is 0 Å². The van der Waals surface area contributed by atoms with Crippen molar-refractivity contribution in [2.24, 2.45) is 0 Å². The van der Waals surface area contributed by atoms with Crippen molar-refractivity contribution in [3.05, 3.63) is 67.1 Å². The van der Waals surface area contributed by atoms with Crippen LogP contribution < -0.4 is 0 Å². The zero-order valence-electron chi connectivity index (χ0n) is 8.74. The van der Waals surface area contributed by atoms with E-state index in [1.165, 1.54) is 16.7 Å². The molecule has 0 heterocycles. The second-order valence-corrected chi connectivity index (χ2v) is 3.54. The largest absolute Gasteiger partial charge is 0.0620 e. The van der Waals surface area contributed by atoms with E-state index in [9.17, 15) is 0 Å². The van der Waals surface area contributed by atoms with Crippen LogP contribution >= 0.6 is 0 Å². The molecule has 0 nitrogen and oxygen atoms in total. The standard InChI is InChI=1S/C15H14/c1-2-8-13-11-6-7-12-15(13)14-9-4-3-5-10-14/h3-7,9,11-12H,1-2,8H2. The summed E-state index contributed by atoms with van der Waals surface area (Å²) in [5.74, 6) is 0. The lowest BCUT2D eigenvalue weighted by molar-refractivity contribution is 1.00. The third-order valence-corrected chi connectivity index (χ3v) is 2.46.